The van der Waals surface area contributed by atoms with E-state index in [9.17, 15) is 9.59 Å². The van der Waals surface area contributed by atoms with E-state index >= 15 is 0 Å². The van der Waals surface area contributed by atoms with Gasteiger partial charge < -0.3 is 9.47 Å². The molecule has 0 bridgehead atoms. The van der Waals surface area contributed by atoms with Crippen molar-refractivity contribution in [3.8, 4) is 11.5 Å². The van der Waals surface area contributed by atoms with Crippen LogP contribution in [-0.2, 0) is 33.6 Å². The minimum atomic E-state index is -0.300. The lowest BCUT2D eigenvalue weighted by atomic mass is 9.98. The summed E-state index contributed by atoms with van der Waals surface area (Å²) in [5.41, 5.74) is 2.56. The van der Waals surface area contributed by atoms with Crippen LogP contribution in [0.25, 0.3) is 0 Å². The fourth-order valence-corrected chi connectivity index (χ4v) is 3.24. The molecule has 2 aromatic rings. The van der Waals surface area contributed by atoms with Gasteiger partial charge in [0.05, 0.1) is 14.2 Å². The van der Waals surface area contributed by atoms with Crippen LogP contribution in [0.15, 0.2) is 27.8 Å². The summed E-state index contributed by atoms with van der Waals surface area (Å²) in [5, 5.41) is 0. The Morgan fingerprint density at radius 1 is 0.960 bits per heavy atom. The van der Waals surface area contributed by atoms with Crippen molar-refractivity contribution in [3.05, 3.63) is 55.9 Å². The van der Waals surface area contributed by atoms with Gasteiger partial charge in [-0.15, -0.1) is 0 Å². The zero-order chi connectivity index (χ0) is 18.1. The fraction of sp³-hybridized carbons (Fsp3) is 0.444. The van der Waals surface area contributed by atoms with E-state index in [1.165, 1.54) is 28.8 Å². The molecule has 3 rings (SSSR count). The van der Waals surface area contributed by atoms with E-state index in [0.29, 0.717) is 12.3 Å². The molecule has 7 heteroatoms. The van der Waals surface area contributed by atoms with Gasteiger partial charge >= 0.3 is 5.69 Å². The highest BCUT2D eigenvalue weighted by molar-refractivity contribution is 5.48. The number of fused-ring (bicyclic) bond motifs is 1. The van der Waals surface area contributed by atoms with Crippen LogP contribution < -0.4 is 20.7 Å². The third-order valence-electron chi connectivity index (χ3n) is 4.81. The predicted octanol–water partition coefficient (Wildman–Crippen LogP) is 0.659. The molecule has 0 N–H and O–H groups in total. The molecule has 0 saturated carbocycles. The van der Waals surface area contributed by atoms with E-state index in [-0.39, 0.29) is 11.2 Å². The Balaban J connectivity index is 1.87. The molecule has 0 radical (unpaired) electrons. The van der Waals surface area contributed by atoms with Crippen molar-refractivity contribution in [2.24, 2.45) is 14.1 Å². The average Bonchev–Trinajstić information content (AvgIpc) is 2.63. The minimum absolute atomic E-state index is 0.276. The van der Waals surface area contributed by atoms with Gasteiger partial charge in [-0.2, -0.15) is 0 Å². The van der Waals surface area contributed by atoms with Crippen LogP contribution in [0.2, 0.25) is 0 Å². The first-order valence-electron chi connectivity index (χ1n) is 8.16. The van der Waals surface area contributed by atoms with Gasteiger partial charge in [0.2, 0.25) is 0 Å². The Kier molecular flexibility index (Phi) is 4.67. The van der Waals surface area contributed by atoms with E-state index < -0.39 is 0 Å². The van der Waals surface area contributed by atoms with Gasteiger partial charge in [-0.3, -0.25) is 18.8 Å². The van der Waals surface area contributed by atoms with Gasteiger partial charge in [0.1, 0.15) is 0 Å². The second-order valence-electron chi connectivity index (χ2n) is 6.31. The van der Waals surface area contributed by atoms with E-state index in [0.717, 1.165) is 35.5 Å². The monoisotopic (exact) mass is 345 g/mol. The second-order valence-corrected chi connectivity index (χ2v) is 6.31. The Bertz CT molecular complexity index is 914. The van der Waals surface area contributed by atoms with Crippen molar-refractivity contribution in [2.75, 3.05) is 20.8 Å². The number of nitrogens with zero attached hydrogens (tertiary/aromatic N) is 3. The lowest BCUT2D eigenvalue weighted by molar-refractivity contribution is 0.237. The molecule has 0 saturated heterocycles. The van der Waals surface area contributed by atoms with Crippen LogP contribution in [0, 0.1) is 0 Å². The van der Waals surface area contributed by atoms with Gasteiger partial charge in [-0.1, -0.05) is 0 Å². The van der Waals surface area contributed by atoms with E-state index in [4.69, 9.17) is 9.47 Å². The van der Waals surface area contributed by atoms with Crippen molar-refractivity contribution in [2.45, 2.75) is 19.5 Å². The summed E-state index contributed by atoms with van der Waals surface area (Å²) >= 11 is 0. The molecule has 1 aromatic heterocycles. The number of methoxy groups -OCH3 is 2. The Hall–Kier alpha value is -2.54. The Morgan fingerprint density at radius 3 is 2.24 bits per heavy atom. The highest BCUT2D eigenvalue weighted by Gasteiger charge is 2.20. The molecule has 0 aliphatic carbocycles. The molecule has 0 spiro atoms. The smallest absolute Gasteiger partial charge is 0.330 e. The molecular formula is C18H23N3O4. The second kappa shape index (κ2) is 6.76. The zero-order valence-electron chi connectivity index (χ0n) is 15.0. The van der Waals surface area contributed by atoms with Gasteiger partial charge in [0.25, 0.3) is 5.56 Å². The zero-order valence-corrected chi connectivity index (χ0v) is 15.0. The molecule has 2 heterocycles. The van der Waals surface area contributed by atoms with Crippen LogP contribution in [0.1, 0.15) is 16.8 Å². The number of rotatable bonds is 4. The van der Waals surface area contributed by atoms with Gasteiger partial charge in [-0.05, 0) is 29.7 Å². The van der Waals surface area contributed by atoms with Crippen molar-refractivity contribution in [1.82, 2.24) is 14.0 Å². The van der Waals surface area contributed by atoms with Crippen molar-refractivity contribution in [1.29, 1.82) is 0 Å². The number of hydrogen-bond donors (Lipinski definition) is 0. The molecule has 0 unspecified atom stereocenters. The molecule has 134 valence electrons. The molecule has 0 atom stereocenters. The molecule has 1 aliphatic heterocycles. The van der Waals surface area contributed by atoms with E-state index in [1.54, 1.807) is 21.3 Å². The van der Waals surface area contributed by atoms with Gasteiger partial charge in [-0.25, -0.2) is 4.79 Å². The first-order chi connectivity index (χ1) is 11.9. The number of aromatic nitrogens is 2. The minimum Gasteiger partial charge on any atom is -0.493 e. The fourth-order valence-electron chi connectivity index (χ4n) is 3.24. The molecular weight excluding hydrogens is 322 g/mol. The van der Waals surface area contributed by atoms with Crippen LogP contribution in [0.3, 0.4) is 0 Å². The van der Waals surface area contributed by atoms with Crippen molar-refractivity contribution < 1.29 is 9.47 Å². The maximum absolute atomic E-state index is 12.1. The highest BCUT2D eigenvalue weighted by atomic mass is 16.5. The summed E-state index contributed by atoms with van der Waals surface area (Å²) in [7, 11) is 6.45. The highest BCUT2D eigenvalue weighted by Crippen LogP contribution is 2.33. The summed E-state index contributed by atoms with van der Waals surface area (Å²) < 4.78 is 13.4. The largest absolute Gasteiger partial charge is 0.493 e. The Morgan fingerprint density at radius 2 is 1.60 bits per heavy atom. The topological polar surface area (TPSA) is 65.7 Å². The third kappa shape index (κ3) is 3.19. The summed E-state index contributed by atoms with van der Waals surface area (Å²) in [6.07, 6.45) is 0.883. The molecule has 1 aromatic carbocycles. The summed E-state index contributed by atoms with van der Waals surface area (Å²) in [6, 6.07) is 5.56. The summed E-state index contributed by atoms with van der Waals surface area (Å²) in [4.78, 5) is 26.2. The number of benzene rings is 1. The van der Waals surface area contributed by atoms with Crippen LogP contribution in [0.4, 0.5) is 0 Å². The third-order valence-corrected chi connectivity index (χ3v) is 4.81. The average molecular weight is 345 g/mol. The van der Waals surface area contributed by atoms with Crippen molar-refractivity contribution >= 4 is 0 Å². The summed E-state index contributed by atoms with van der Waals surface area (Å²) in [5.74, 6) is 1.45. The number of ether oxygens (including phenoxy) is 2. The lowest BCUT2D eigenvalue weighted by Crippen LogP contribution is -2.40. The molecule has 0 amide bonds. The first kappa shape index (κ1) is 17.3. The van der Waals surface area contributed by atoms with Gasteiger partial charge in [0, 0.05) is 45.5 Å². The van der Waals surface area contributed by atoms with Gasteiger partial charge in [0.15, 0.2) is 11.5 Å². The molecule has 7 nitrogen and oxygen atoms in total. The van der Waals surface area contributed by atoms with E-state index in [1.807, 2.05) is 12.1 Å². The number of hydrogen-bond acceptors (Lipinski definition) is 5. The Labute approximate surface area is 146 Å². The van der Waals surface area contributed by atoms with Crippen LogP contribution >= 0.6 is 0 Å². The van der Waals surface area contributed by atoms with Crippen molar-refractivity contribution in [3.63, 3.8) is 0 Å². The predicted molar refractivity (Wildman–Crippen MR) is 94.3 cm³/mol. The maximum atomic E-state index is 12.1. The molecule has 25 heavy (non-hydrogen) atoms. The normalized spacial score (nSPS) is 14.2. The first-order valence-corrected chi connectivity index (χ1v) is 8.16. The standard InChI is InChI=1S/C18H23N3O4/c1-19-14(9-17(22)20(2)18(19)23)11-21-6-5-12-7-15(24-3)16(25-4)8-13(12)10-21/h7-9H,5-6,10-11H2,1-4H3. The maximum Gasteiger partial charge on any atom is 0.330 e. The SMILES string of the molecule is COc1cc2c(cc1OC)CN(Cc1cc(=O)n(C)c(=O)n1C)CC2. The van der Waals surface area contributed by atoms with Crippen LogP contribution in [0.5, 0.6) is 11.5 Å². The van der Waals surface area contributed by atoms with E-state index in [2.05, 4.69) is 4.90 Å². The summed E-state index contributed by atoms with van der Waals surface area (Å²) in [6.45, 7) is 2.14. The molecule has 1 aliphatic rings. The molecule has 0 fully saturated rings. The quantitative estimate of drug-likeness (QED) is 0.814. The van der Waals surface area contributed by atoms with Crippen LogP contribution in [-0.4, -0.2) is 34.8 Å². The lowest BCUT2D eigenvalue weighted by Gasteiger charge is -2.30.